The van der Waals surface area contributed by atoms with Crippen molar-refractivity contribution in [2.45, 2.75) is 24.3 Å². The predicted octanol–water partition coefficient (Wildman–Crippen LogP) is 4.37. The van der Waals surface area contributed by atoms with E-state index >= 15 is 0 Å². The van der Waals surface area contributed by atoms with E-state index in [4.69, 9.17) is 5.14 Å². The Morgan fingerprint density at radius 2 is 1.43 bits per heavy atom. The number of nitrogens with zero attached hydrogens (tertiary/aromatic N) is 1. The van der Waals surface area contributed by atoms with Crippen molar-refractivity contribution in [3.8, 4) is 11.1 Å². The second kappa shape index (κ2) is 14.0. The smallest absolute Gasteiger partial charge is 0.305 e. The lowest BCUT2D eigenvalue weighted by molar-refractivity contribution is -0.137. The van der Waals surface area contributed by atoms with Gasteiger partial charge in [0.15, 0.2) is 0 Å². The number of carbonyl (C=O) groups is 3. The molecule has 0 aliphatic carbocycles. The molecule has 4 N–H and O–H groups in total. The lowest BCUT2D eigenvalue weighted by Gasteiger charge is -2.24. The molecule has 0 fully saturated rings. The lowest BCUT2D eigenvalue weighted by atomic mass is 9.94. The molecule has 0 aromatic heterocycles. The van der Waals surface area contributed by atoms with E-state index in [2.05, 4.69) is 5.32 Å². The minimum absolute atomic E-state index is 0.0280. The van der Waals surface area contributed by atoms with Crippen molar-refractivity contribution in [2.75, 3.05) is 13.1 Å². The first kappa shape index (κ1) is 32.0. The van der Waals surface area contributed by atoms with Crippen molar-refractivity contribution in [1.82, 2.24) is 10.2 Å². The molecule has 4 aromatic rings. The van der Waals surface area contributed by atoms with E-state index in [9.17, 15) is 36.7 Å². The van der Waals surface area contributed by atoms with Crippen molar-refractivity contribution in [1.29, 1.82) is 0 Å². The molecule has 0 saturated heterocycles. The van der Waals surface area contributed by atoms with Gasteiger partial charge in [-0.3, -0.25) is 14.4 Å². The van der Waals surface area contributed by atoms with Crippen LogP contribution in [0, 0.1) is 11.6 Å². The molecule has 0 bridgehead atoms. The van der Waals surface area contributed by atoms with Crippen LogP contribution in [0.15, 0.2) is 95.9 Å². The highest BCUT2D eigenvalue weighted by molar-refractivity contribution is 7.89. The SMILES string of the molecule is NS(=O)(=O)c1ccc(CCN(CCC(=O)O)C(=O)c2ccccc2-c2ccccc2C(=O)NCc2cc(F)ccc2F)cc1. The number of hydrogen-bond acceptors (Lipinski definition) is 5. The number of primary sulfonamides is 1. The zero-order valence-corrected chi connectivity index (χ0v) is 24.2. The molecule has 0 spiro atoms. The van der Waals surface area contributed by atoms with E-state index in [0.717, 1.165) is 18.2 Å². The molecule has 9 nitrogen and oxygen atoms in total. The fraction of sp³-hybridized carbons (Fsp3) is 0.156. The Morgan fingerprint density at radius 1 is 0.818 bits per heavy atom. The summed E-state index contributed by atoms with van der Waals surface area (Å²) in [5.74, 6) is -3.45. The first-order chi connectivity index (χ1) is 20.9. The summed E-state index contributed by atoms with van der Waals surface area (Å²) < 4.78 is 50.8. The molecule has 228 valence electrons. The highest BCUT2D eigenvalue weighted by atomic mass is 32.2. The highest BCUT2D eigenvalue weighted by Gasteiger charge is 2.23. The van der Waals surface area contributed by atoms with Crippen LogP contribution in [0.5, 0.6) is 0 Å². The fourth-order valence-corrected chi connectivity index (χ4v) is 5.11. The third kappa shape index (κ3) is 8.12. The fourth-order valence-electron chi connectivity index (χ4n) is 4.60. The van der Waals surface area contributed by atoms with Crippen molar-refractivity contribution in [3.05, 3.63) is 125 Å². The minimum atomic E-state index is -3.87. The molecular weight excluding hydrogens is 592 g/mol. The molecule has 0 saturated carbocycles. The van der Waals surface area contributed by atoms with Crippen LogP contribution >= 0.6 is 0 Å². The van der Waals surface area contributed by atoms with Gasteiger partial charge in [0.05, 0.1) is 11.3 Å². The van der Waals surface area contributed by atoms with Gasteiger partial charge in [0.2, 0.25) is 10.0 Å². The van der Waals surface area contributed by atoms with Crippen LogP contribution in [-0.2, 0) is 27.8 Å². The average Bonchev–Trinajstić information content (AvgIpc) is 3.00. The molecule has 0 heterocycles. The molecule has 0 atom stereocenters. The molecule has 44 heavy (non-hydrogen) atoms. The number of rotatable bonds is 12. The van der Waals surface area contributed by atoms with Crippen molar-refractivity contribution < 1.29 is 36.7 Å². The number of aliphatic carboxylic acids is 1. The second-order valence-electron chi connectivity index (χ2n) is 9.88. The third-order valence-electron chi connectivity index (χ3n) is 6.87. The second-order valence-corrected chi connectivity index (χ2v) is 11.4. The number of halogens is 2. The van der Waals surface area contributed by atoms with E-state index < -0.39 is 39.4 Å². The van der Waals surface area contributed by atoms with Gasteiger partial charge in [-0.05, 0) is 65.6 Å². The standard InChI is InChI=1S/C32H29F2N3O6S/c33-23-11-14-29(34)22(19-23)20-36-31(40)27-7-3-1-5-25(27)26-6-2-4-8-28(26)32(41)37(18-16-30(38)39)17-15-21-9-12-24(13-10-21)44(35,42)43/h1-14,19H,15-18,20H2,(H,36,40)(H,38,39)(H2,35,42,43). The predicted molar refractivity (Wildman–Crippen MR) is 159 cm³/mol. The summed E-state index contributed by atoms with van der Waals surface area (Å²) in [5.41, 5.74) is 1.91. The van der Waals surface area contributed by atoms with Crippen LogP contribution < -0.4 is 10.5 Å². The molecule has 0 unspecified atom stereocenters. The Bertz CT molecular complexity index is 1800. The summed E-state index contributed by atoms with van der Waals surface area (Å²) >= 11 is 0. The maximum atomic E-state index is 14.1. The van der Waals surface area contributed by atoms with Crippen LogP contribution in [0.1, 0.15) is 38.3 Å². The minimum Gasteiger partial charge on any atom is -0.481 e. The van der Waals surface area contributed by atoms with Gasteiger partial charge in [-0.1, -0.05) is 48.5 Å². The third-order valence-corrected chi connectivity index (χ3v) is 7.80. The molecule has 2 amide bonds. The van der Waals surface area contributed by atoms with Crippen LogP contribution in [0.25, 0.3) is 11.1 Å². The van der Waals surface area contributed by atoms with Crippen LogP contribution in [0.4, 0.5) is 8.78 Å². The van der Waals surface area contributed by atoms with E-state index in [1.54, 1.807) is 60.7 Å². The number of benzene rings is 4. The first-order valence-corrected chi connectivity index (χ1v) is 15.0. The van der Waals surface area contributed by atoms with E-state index in [1.165, 1.54) is 17.0 Å². The van der Waals surface area contributed by atoms with E-state index in [-0.39, 0.29) is 47.6 Å². The number of carboxylic acids is 1. The molecule has 0 aliphatic heterocycles. The molecular formula is C32H29F2N3O6S. The van der Waals surface area contributed by atoms with Gasteiger partial charge >= 0.3 is 5.97 Å². The van der Waals surface area contributed by atoms with Crippen LogP contribution in [-0.4, -0.2) is 49.3 Å². The van der Waals surface area contributed by atoms with Gasteiger partial charge in [-0.15, -0.1) is 0 Å². The molecule has 0 radical (unpaired) electrons. The summed E-state index contributed by atoms with van der Waals surface area (Å²) in [6.45, 7) is -0.242. The number of carbonyl (C=O) groups excluding carboxylic acids is 2. The molecule has 4 aromatic carbocycles. The molecule has 12 heteroatoms. The Hall–Kier alpha value is -4.94. The number of sulfonamides is 1. The van der Waals surface area contributed by atoms with Crippen LogP contribution in [0.3, 0.4) is 0 Å². The Balaban J connectivity index is 1.60. The van der Waals surface area contributed by atoms with Crippen LogP contribution in [0.2, 0.25) is 0 Å². The van der Waals surface area contributed by atoms with Gasteiger partial charge in [0, 0.05) is 36.3 Å². The summed E-state index contributed by atoms with van der Waals surface area (Å²) in [6.07, 6.45) is -0.0120. The quantitative estimate of drug-likeness (QED) is 0.214. The summed E-state index contributed by atoms with van der Waals surface area (Å²) in [5, 5.41) is 17.1. The largest absolute Gasteiger partial charge is 0.481 e. The van der Waals surface area contributed by atoms with Gasteiger partial charge in [0.25, 0.3) is 11.8 Å². The molecule has 0 aliphatic rings. The first-order valence-electron chi connectivity index (χ1n) is 13.5. The van der Waals surface area contributed by atoms with E-state index in [0.29, 0.717) is 23.1 Å². The number of nitrogens with one attached hydrogen (secondary N) is 1. The zero-order chi connectivity index (χ0) is 31.9. The number of carboxylic acid groups (broad SMARTS) is 1. The van der Waals surface area contributed by atoms with Crippen molar-refractivity contribution in [2.24, 2.45) is 5.14 Å². The maximum absolute atomic E-state index is 14.1. The van der Waals surface area contributed by atoms with E-state index in [1.807, 2.05) is 0 Å². The average molecular weight is 622 g/mol. The number of nitrogens with two attached hydrogens (primary N) is 1. The van der Waals surface area contributed by atoms with Crippen molar-refractivity contribution in [3.63, 3.8) is 0 Å². The Morgan fingerprint density at radius 3 is 2.07 bits per heavy atom. The lowest BCUT2D eigenvalue weighted by Crippen LogP contribution is -2.35. The Kier molecular flexibility index (Phi) is 10.2. The monoisotopic (exact) mass is 621 g/mol. The highest BCUT2D eigenvalue weighted by Crippen LogP contribution is 2.29. The van der Waals surface area contributed by atoms with Gasteiger partial charge < -0.3 is 15.3 Å². The Labute approximate surface area is 253 Å². The van der Waals surface area contributed by atoms with Crippen molar-refractivity contribution >= 4 is 27.8 Å². The summed E-state index contributed by atoms with van der Waals surface area (Å²) in [6, 6.07) is 21.9. The normalized spacial score (nSPS) is 11.2. The van der Waals surface area contributed by atoms with Gasteiger partial charge in [0.1, 0.15) is 11.6 Å². The van der Waals surface area contributed by atoms with Gasteiger partial charge in [-0.2, -0.15) is 0 Å². The summed E-state index contributed by atoms with van der Waals surface area (Å²) in [4.78, 5) is 39.8. The number of hydrogen-bond donors (Lipinski definition) is 3. The maximum Gasteiger partial charge on any atom is 0.305 e. The van der Waals surface area contributed by atoms with Gasteiger partial charge in [-0.25, -0.2) is 22.3 Å². The molecule has 4 rings (SSSR count). The topological polar surface area (TPSA) is 147 Å². The summed E-state index contributed by atoms with van der Waals surface area (Å²) in [7, 11) is -3.87. The zero-order valence-electron chi connectivity index (χ0n) is 23.4. The number of amides is 2.